The molecule has 0 radical (unpaired) electrons. The second-order valence-corrected chi connectivity index (χ2v) is 4.37. The highest BCUT2D eigenvalue weighted by molar-refractivity contribution is 6.29. The lowest BCUT2D eigenvalue weighted by Gasteiger charge is -2.12. The number of ether oxygens (including phenoxy) is 3. The van der Waals surface area contributed by atoms with Crippen LogP contribution in [0.2, 0.25) is 0 Å². The molecule has 0 amide bonds. The summed E-state index contributed by atoms with van der Waals surface area (Å²) in [6.45, 7) is 9.92. The second-order valence-electron chi connectivity index (χ2n) is 4.37. The quantitative estimate of drug-likeness (QED) is 0.243. The van der Waals surface area contributed by atoms with Crippen molar-refractivity contribution >= 4 is 17.9 Å². The summed E-state index contributed by atoms with van der Waals surface area (Å²) >= 11 is 0. The fraction of sp³-hybridized carbons (Fsp3) is 0.500. The van der Waals surface area contributed by atoms with Crippen LogP contribution in [0.3, 0.4) is 0 Å². The molecular formula is C14H20O6. The molecule has 0 saturated heterocycles. The molecule has 0 bridgehead atoms. The Balaban J connectivity index is 4.03. The number of allylic oxidation sites excluding steroid dienone is 2. The molecule has 0 saturated carbocycles. The van der Waals surface area contributed by atoms with E-state index in [9.17, 15) is 14.4 Å². The van der Waals surface area contributed by atoms with Gasteiger partial charge in [-0.1, -0.05) is 13.5 Å². The fourth-order valence-corrected chi connectivity index (χ4v) is 0.913. The fourth-order valence-electron chi connectivity index (χ4n) is 0.913. The summed E-state index contributed by atoms with van der Waals surface area (Å²) in [7, 11) is 0. The van der Waals surface area contributed by atoms with Crippen LogP contribution >= 0.6 is 0 Å². The van der Waals surface area contributed by atoms with Crippen LogP contribution < -0.4 is 0 Å². The molecule has 0 aromatic heterocycles. The number of rotatable bonds is 6. The number of carbonyl (C=O) groups is 3. The molecule has 112 valence electrons. The molecule has 1 atom stereocenters. The third kappa shape index (κ3) is 7.35. The van der Waals surface area contributed by atoms with Gasteiger partial charge < -0.3 is 14.2 Å². The van der Waals surface area contributed by atoms with Gasteiger partial charge in [0.05, 0.1) is 13.2 Å². The van der Waals surface area contributed by atoms with Gasteiger partial charge in [-0.25, -0.2) is 14.4 Å². The average molecular weight is 284 g/mol. The van der Waals surface area contributed by atoms with Crippen molar-refractivity contribution in [2.45, 2.75) is 27.7 Å². The Morgan fingerprint density at radius 3 is 2.00 bits per heavy atom. The highest BCUT2D eigenvalue weighted by atomic mass is 16.6. The van der Waals surface area contributed by atoms with E-state index in [1.54, 1.807) is 26.8 Å². The van der Waals surface area contributed by atoms with Crippen molar-refractivity contribution in [3.63, 3.8) is 0 Å². The highest BCUT2D eigenvalue weighted by Gasteiger charge is 2.19. The van der Waals surface area contributed by atoms with Crippen molar-refractivity contribution in [1.29, 1.82) is 0 Å². The zero-order valence-electron chi connectivity index (χ0n) is 12.2. The van der Waals surface area contributed by atoms with E-state index in [-0.39, 0.29) is 19.1 Å². The summed E-state index contributed by atoms with van der Waals surface area (Å²) in [6, 6.07) is 0. The van der Waals surface area contributed by atoms with Crippen LogP contribution in [0.5, 0.6) is 0 Å². The third-order valence-corrected chi connectivity index (χ3v) is 2.17. The largest absolute Gasteiger partial charge is 0.462 e. The van der Waals surface area contributed by atoms with Crippen LogP contribution in [0, 0.1) is 5.92 Å². The van der Waals surface area contributed by atoms with E-state index < -0.39 is 17.9 Å². The van der Waals surface area contributed by atoms with E-state index >= 15 is 0 Å². The van der Waals surface area contributed by atoms with Crippen LogP contribution in [0.15, 0.2) is 24.0 Å². The van der Waals surface area contributed by atoms with Gasteiger partial charge in [0.2, 0.25) is 0 Å². The van der Waals surface area contributed by atoms with Crippen molar-refractivity contribution in [3.05, 3.63) is 24.0 Å². The lowest BCUT2D eigenvalue weighted by molar-refractivity contribution is -0.166. The van der Waals surface area contributed by atoms with E-state index in [1.165, 1.54) is 6.92 Å². The highest BCUT2D eigenvalue weighted by Crippen LogP contribution is 2.02. The first-order valence-electron chi connectivity index (χ1n) is 6.12. The maximum atomic E-state index is 11.3. The van der Waals surface area contributed by atoms with Gasteiger partial charge in [0.1, 0.15) is 5.76 Å². The van der Waals surface area contributed by atoms with E-state index in [1.807, 2.05) is 0 Å². The minimum atomic E-state index is -1.08. The Kier molecular flexibility index (Phi) is 7.96. The second kappa shape index (κ2) is 8.90. The summed E-state index contributed by atoms with van der Waals surface area (Å²) in [5.74, 6) is -2.59. The van der Waals surface area contributed by atoms with Gasteiger partial charge in [0, 0.05) is 11.5 Å². The van der Waals surface area contributed by atoms with Gasteiger partial charge >= 0.3 is 17.9 Å². The van der Waals surface area contributed by atoms with Crippen molar-refractivity contribution in [2.24, 2.45) is 5.92 Å². The van der Waals surface area contributed by atoms with Crippen molar-refractivity contribution in [2.75, 3.05) is 13.2 Å². The van der Waals surface area contributed by atoms with Crippen molar-refractivity contribution < 1.29 is 28.6 Å². The topological polar surface area (TPSA) is 78.9 Å². The van der Waals surface area contributed by atoms with Gasteiger partial charge in [-0.05, 0) is 26.8 Å². The molecule has 0 N–H and O–H groups in total. The van der Waals surface area contributed by atoms with Crippen LogP contribution in [-0.4, -0.2) is 31.1 Å². The minimum absolute atomic E-state index is 0.0493. The van der Waals surface area contributed by atoms with Gasteiger partial charge in [-0.2, -0.15) is 0 Å². The van der Waals surface area contributed by atoms with E-state index in [0.29, 0.717) is 11.3 Å². The first-order valence-corrected chi connectivity index (χ1v) is 6.12. The van der Waals surface area contributed by atoms with Crippen molar-refractivity contribution in [1.82, 2.24) is 0 Å². The summed E-state index contributed by atoms with van der Waals surface area (Å²) in [5.41, 5.74) is 0.291. The predicted molar refractivity (Wildman–Crippen MR) is 71.4 cm³/mol. The smallest absolute Gasteiger partial charge is 0.422 e. The number of carbonyl (C=O) groups excluding carboxylic acids is 3. The number of hydrogen-bond acceptors (Lipinski definition) is 6. The van der Waals surface area contributed by atoms with Gasteiger partial charge in [0.25, 0.3) is 0 Å². The van der Waals surface area contributed by atoms with E-state index in [4.69, 9.17) is 9.47 Å². The number of hydrogen-bond donors (Lipinski definition) is 0. The predicted octanol–water partition coefficient (Wildman–Crippen LogP) is 1.75. The Labute approximate surface area is 118 Å². The summed E-state index contributed by atoms with van der Waals surface area (Å²) in [5, 5.41) is 0. The zero-order valence-corrected chi connectivity index (χ0v) is 12.2. The lowest BCUT2D eigenvalue weighted by Crippen LogP contribution is -2.24. The average Bonchev–Trinajstić information content (AvgIpc) is 2.41. The van der Waals surface area contributed by atoms with Crippen LogP contribution in [0.4, 0.5) is 0 Å². The van der Waals surface area contributed by atoms with Crippen molar-refractivity contribution in [3.8, 4) is 0 Å². The molecule has 0 heterocycles. The SMILES string of the molecule is C=C(C)C(=O)OCC(C)COC(=O)C(=O)OC(C)=CC. The Morgan fingerprint density at radius 2 is 1.55 bits per heavy atom. The molecule has 0 spiro atoms. The van der Waals surface area contributed by atoms with Crippen LogP contribution in [0.25, 0.3) is 0 Å². The molecule has 1 unspecified atom stereocenters. The molecule has 0 aromatic carbocycles. The Bertz CT molecular complexity index is 421. The van der Waals surface area contributed by atoms with Gasteiger partial charge in [0.15, 0.2) is 0 Å². The minimum Gasteiger partial charge on any atom is -0.462 e. The Morgan fingerprint density at radius 1 is 1.05 bits per heavy atom. The summed E-state index contributed by atoms with van der Waals surface area (Å²) in [4.78, 5) is 33.7. The molecule has 0 rings (SSSR count). The summed E-state index contributed by atoms with van der Waals surface area (Å²) < 4.78 is 14.3. The molecule has 6 heteroatoms. The van der Waals surface area contributed by atoms with E-state index in [2.05, 4.69) is 11.3 Å². The molecule has 0 aliphatic rings. The summed E-state index contributed by atoms with van der Waals surface area (Å²) in [6.07, 6.45) is 1.55. The lowest BCUT2D eigenvalue weighted by atomic mass is 10.2. The zero-order chi connectivity index (χ0) is 15.7. The molecule has 6 nitrogen and oxygen atoms in total. The van der Waals surface area contributed by atoms with Crippen LogP contribution in [0.1, 0.15) is 27.7 Å². The maximum Gasteiger partial charge on any atom is 0.422 e. The van der Waals surface area contributed by atoms with E-state index in [0.717, 1.165) is 0 Å². The third-order valence-electron chi connectivity index (χ3n) is 2.17. The molecule has 0 fully saturated rings. The van der Waals surface area contributed by atoms with Crippen LogP contribution in [-0.2, 0) is 28.6 Å². The standard InChI is InChI=1S/C14H20O6/c1-6-11(5)20-14(17)13(16)19-8-10(4)7-18-12(15)9(2)3/h6,10H,2,7-8H2,1,3-5H3. The molecule has 0 aliphatic carbocycles. The molecule has 20 heavy (non-hydrogen) atoms. The normalized spacial score (nSPS) is 12.3. The van der Waals surface area contributed by atoms with Gasteiger partial charge in [-0.15, -0.1) is 0 Å². The monoisotopic (exact) mass is 284 g/mol. The van der Waals surface area contributed by atoms with Gasteiger partial charge in [-0.3, -0.25) is 0 Å². The molecule has 0 aliphatic heterocycles. The molecule has 0 aromatic rings. The maximum absolute atomic E-state index is 11.3. The number of esters is 3. The Hall–Kier alpha value is -2.11. The molecular weight excluding hydrogens is 264 g/mol. The first kappa shape index (κ1) is 17.9. The first-order chi connectivity index (χ1) is 9.27.